The lowest BCUT2D eigenvalue weighted by molar-refractivity contribution is -0.137. The average Bonchev–Trinajstić information content (AvgIpc) is 3.13. The van der Waals surface area contributed by atoms with Crippen molar-refractivity contribution in [2.45, 2.75) is 31.0 Å². The fourth-order valence-electron chi connectivity index (χ4n) is 3.67. The quantitative estimate of drug-likeness (QED) is 0.669. The number of nitrogens with zero attached hydrogens (tertiary/aromatic N) is 2. The molecule has 5 nitrogen and oxygen atoms in total. The predicted octanol–water partition coefficient (Wildman–Crippen LogP) is 5.55. The van der Waals surface area contributed by atoms with Gasteiger partial charge in [0.15, 0.2) is 0 Å². The van der Waals surface area contributed by atoms with Gasteiger partial charge in [-0.2, -0.15) is 13.2 Å². The molecule has 0 bridgehead atoms. The summed E-state index contributed by atoms with van der Waals surface area (Å²) in [6, 6.07) is 11.7. The minimum Gasteiger partial charge on any atom is -0.388 e. The lowest BCUT2D eigenvalue weighted by atomic mass is 9.85. The number of piperidine rings is 1. The highest BCUT2D eigenvalue weighted by Crippen LogP contribution is 2.37. The number of carbonyl (C=O) groups is 1. The number of oxime groups is 1. The molecule has 2 aliphatic heterocycles. The van der Waals surface area contributed by atoms with Crippen LogP contribution in [0.3, 0.4) is 0 Å². The van der Waals surface area contributed by atoms with Crippen molar-refractivity contribution < 1.29 is 22.8 Å². The summed E-state index contributed by atoms with van der Waals surface area (Å²) >= 11 is 6.08. The van der Waals surface area contributed by atoms with Gasteiger partial charge in [0, 0.05) is 32.4 Å². The van der Waals surface area contributed by atoms with E-state index in [9.17, 15) is 18.0 Å². The number of rotatable bonds is 2. The number of alkyl halides is 3. The highest BCUT2D eigenvalue weighted by molar-refractivity contribution is 6.33. The second-order valence-electron chi connectivity index (χ2n) is 7.46. The molecule has 1 fully saturated rings. The molecule has 9 heteroatoms. The first-order chi connectivity index (χ1) is 14.3. The molecular formula is C21H19ClF3N3O2. The monoisotopic (exact) mass is 437 g/mol. The Hall–Kier alpha value is -2.74. The zero-order valence-electron chi connectivity index (χ0n) is 15.9. The number of nitrogens with one attached hydrogen (secondary N) is 1. The maximum Gasteiger partial charge on any atom is 0.416 e. The third-order valence-electron chi connectivity index (χ3n) is 5.46. The van der Waals surface area contributed by atoms with Crippen LogP contribution < -0.4 is 5.32 Å². The third kappa shape index (κ3) is 4.23. The number of halogens is 4. The van der Waals surface area contributed by atoms with Crippen molar-refractivity contribution in [2.24, 2.45) is 5.16 Å². The van der Waals surface area contributed by atoms with Crippen molar-refractivity contribution in [1.29, 1.82) is 0 Å². The van der Waals surface area contributed by atoms with Gasteiger partial charge < -0.3 is 15.1 Å². The fraction of sp³-hybridized carbons (Fsp3) is 0.333. The van der Waals surface area contributed by atoms with Crippen LogP contribution in [0.4, 0.5) is 23.7 Å². The van der Waals surface area contributed by atoms with Crippen molar-refractivity contribution in [1.82, 2.24) is 4.90 Å². The van der Waals surface area contributed by atoms with E-state index in [1.807, 2.05) is 0 Å². The molecule has 2 heterocycles. The van der Waals surface area contributed by atoms with Gasteiger partial charge >= 0.3 is 12.2 Å². The Kier molecular flexibility index (Phi) is 5.36. The number of hydrogen-bond donors (Lipinski definition) is 1. The van der Waals surface area contributed by atoms with Crippen molar-refractivity contribution in [3.8, 4) is 0 Å². The number of hydrogen-bond acceptors (Lipinski definition) is 3. The van der Waals surface area contributed by atoms with Gasteiger partial charge in [0.2, 0.25) is 0 Å². The van der Waals surface area contributed by atoms with Gasteiger partial charge in [0.25, 0.3) is 0 Å². The Labute approximate surface area is 176 Å². The average molecular weight is 438 g/mol. The van der Waals surface area contributed by atoms with Crippen LogP contribution in [0.15, 0.2) is 53.7 Å². The molecular weight excluding hydrogens is 419 g/mol. The molecule has 1 spiro atoms. The lowest BCUT2D eigenvalue weighted by Crippen LogP contribution is -2.48. The topological polar surface area (TPSA) is 53.9 Å². The van der Waals surface area contributed by atoms with E-state index in [-0.39, 0.29) is 6.03 Å². The first kappa shape index (κ1) is 20.5. The van der Waals surface area contributed by atoms with Crippen LogP contribution in [0.25, 0.3) is 0 Å². The smallest absolute Gasteiger partial charge is 0.388 e. The maximum absolute atomic E-state index is 12.7. The second-order valence-corrected chi connectivity index (χ2v) is 7.87. The number of para-hydroxylation sites is 1. The molecule has 2 aromatic rings. The first-order valence-electron chi connectivity index (χ1n) is 9.49. The Morgan fingerprint density at radius 1 is 1.10 bits per heavy atom. The summed E-state index contributed by atoms with van der Waals surface area (Å²) in [6.45, 7) is 0.957. The van der Waals surface area contributed by atoms with Crippen LogP contribution >= 0.6 is 11.6 Å². The summed E-state index contributed by atoms with van der Waals surface area (Å²) in [5.41, 5.74) is 0.559. The zero-order valence-corrected chi connectivity index (χ0v) is 16.6. The van der Waals surface area contributed by atoms with E-state index in [2.05, 4.69) is 10.5 Å². The highest BCUT2D eigenvalue weighted by atomic mass is 35.5. The van der Waals surface area contributed by atoms with Crippen molar-refractivity contribution in [3.63, 3.8) is 0 Å². The largest absolute Gasteiger partial charge is 0.416 e. The van der Waals surface area contributed by atoms with E-state index in [0.29, 0.717) is 54.3 Å². The molecule has 1 N–H and O–H groups in total. The second kappa shape index (κ2) is 7.83. The Morgan fingerprint density at radius 3 is 2.40 bits per heavy atom. The van der Waals surface area contributed by atoms with E-state index in [0.717, 1.165) is 12.1 Å². The van der Waals surface area contributed by atoms with E-state index in [1.54, 1.807) is 29.2 Å². The molecule has 0 aromatic heterocycles. The molecule has 158 valence electrons. The third-order valence-corrected chi connectivity index (χ3v) is 5.79. The standard InChI is InChI=1S/C21H19ClF3N3O2/c22-16-3-1-2-4-17(16)26-19(29)28-11-9-20(10-12-28)13-18(27-30-20)14-5-7-15(8-6-14)21(23,24)25/h1-8H,9-13H2,(H,26,29). The molecule has 1 saturated heterocycles. The number of anilines is 1. The molecule has 4 rings (SSSR count). The van der Waals surface area contributed by atoms with Crippen LogP contribution in [-0.4, -0.2) is 35.3 Å². The van der Waals surface area contributed by atoms with Gasteiger partial charge in [0.05, 0.1) is 22.0 Å². The Bertz CT molecular complexity index is 968. The maximum atomic E-state index is 12.7. The predicted molar refractivity (Wildman–Crippen MR) is 108 cm³/mol. The summed E-state index contributed by atoms with van der Waals surface area (Å²) < 4.78 is 38.2. The minimum atomic E-state index is -4.37. The number of carbonyl (C=O) groups excluding carboxylic acids is 1. The molecule has 2 aliphatic rings. The molecule has 2 aromatic carbocycles. The van der Waals surface area contributed by atoms with Crippen molar-refractivity contribution in [2.75, 3.05) is 18.4 Å². The lowest BCUT2D eigenvalue weighted by Gasteiger charge is -2.37. The number of urea groups is 1. The molecule has 0 aliphatic carbocycles. The number of benzene rings is 2. The minimum absolute atomic E-state index is 0.236. The van der Waals surface area contributed by atoms with Gasteiger partial charge in [-0.1, -0.05) is 41.0 Å². The van der Waals surface area contributed by atoms with Crippen LogP contribution in [0.2, 0.25) is 5.02 Å². The summed E-state index contributed by atoms with van der Waals surface area (Å²) in [6.07, 6.45) is -2.71. The summed E-state index contributed by atoms with van der Waals surface area (Å²) in [7, 11) is 0. The van der Waals surface area contributed by atoms with Crippen LogP contribution in [0.1, 0.15) is 30.4 Å². The normalized spacial score (nSPS) is 18.1. The molecule has 0 saturated carbocycles. The van der Waals surface area contributed by atoms with E-state index in [4.69, 9.17) is 16.4 Å². The van der Waals surface area contributed by atoms with Gasteiger partial charge in [-0.05, 0) is 29.8 Å². The summed E-state index contributed by atoms with van der Waals surface area (Å²) in [4.78, 5) is 19.9. The van der Waals surface area contributed by atoms with E-state index in [1.165, 1.54) is 12.1 Å². The van der Waals surface area contributed by atoms with Gasteiger partial charge in [-0.15, -0.1) is 0 Å². The highest BCUT2D eigenvalue weighted by Gasteiger charge is 2.43. The van der Waals surface area contributed by atoms with Gasteiger partial charge in [-0.3, -0.25) is 0 Å². The molecule has 0 radical (unpaired) electrons. The van der Waals surface area contributed by atoms with Crippen molar-refractivity contribution >= 4 is 29.0 Å². The Balaban J connectivity index is 1.34. The molecule has 0 unspecified atom stereocenters. The fourth-order valence-corrected chi connectivity index (χ4v) is 3.85. The van der Waals surface area contributed by atoms with Crippen LogP contribution in [0, 0.1) is 0 Å². The van der Waals surface area contributed by atoms with Crippen molar-refractivity contribution in [3.05, 3.63) is 64.7 Å². The van der Waals surface area contributed by atoms with E-state index < -0.39 is 17.3 Å². The zero-order chi connectivity index (χ0) is 21.4. The summed E-state index contributed by atoms with van der Waals surface area (Å²) in [5.74, 6) is 0. The molecule has 2 amide bonds. The summed E-state index contributed by atoms with van der Waals surface area (Å²) in [5, 5.41) is 7.39. The first-order valence-corrected chi connectivity index (χ1v) is 9.87. The molecule has 30 heavy (non-hydrogen) atoms. The number of amides is 2. The molecule has 0 atom stereocenters. The van der Waals surface area contributed by atoms with Gasteiger partial charge in [0.1, 0.15) is 5.60 Å². The van der Waals surface area contributed by atoms with Gasteiger partial charge in [-0.25, -0.2) is 4.79 Å². The SMILES string of the molecule is O=C(Nc1ccccc1Cl)N1CCC2(CC1)CC(c1ccc(C(F)(F)F)cc1)=NO2. The van der Waals surface area contributed by atoms with Crippen LogP contribution in [-0.2, 0) is 11.0 Å². The Morgan fingerprint density at radius 2 is 1.77 bits per heavy atom. The van der Waals surface area contributed by atoms with E-state index >= 15 is 0 Å². The van der Waals surface area contributed by atoms with Crippen LogP contribution in [0.5, 0.6) is 0 Å². The number of likely N-dealkylation sites (tertiary alicyclic amines) is 1.